The van der Waals surface area contributed by atoms with E-state index in [1.165, 1.54) is 11.3 Å². The van der Waals surface area contributed by atoms with Gasteiger partial charge < -0.3 is 19.8 Å². The van der Waals surface area contributed by atoms with Gasteiger partial charge >= 0.3 is 7.12 Å². The Morgan fingerprint density at radius 2 is 1.82 bits per heavy atom. The molecule has 0 spiro atoms. The molecule has 5 nitrogen and oxygen atoms in total. The Balaban J connectivity index is 2.14. The highest BCUT2D eigenvalue weighted by molar-refractivity contribution is 7.22. The number of ether oxygens (including phenoxy) is 1. The van der Waals surface area contributed by atoms with Gasteiger partial charge in [-0.3, -0.25) is 0 Å². The first-order valence-corrected chi connectivity index (χ1v) is 8.07. The lowest BCUT2D eigenvalue weighted by molar-refractivity contribution is 0.00578. The lowest BCUT2D eigenvalue weighted by Crippen LogP contribution is -2.41. The predicted octanol–water partition coefficient (Wildman–Crippen LogP) is 2.49. The van der Waals surface area contributed by atoms with Crippen molar-refractivity contribution >= 4 is 39.3 Å². The average Bonchev–Trinajstić information content (AvgIpc) is 2.88. The Labute approximate surface area is 134 Å². The Morgan fingerprint density at radius 3 is 2.36 bits per heavy atom. The van der Waals surface area contributed by atoms with Crippen LogP contribution in [0.15, 0.2) is 6.07 Å². The molecular weight excluding hydrogens is 299 g/mol. The van der Waals surface area contributed by atoms with E-state index < -0.39 is 7.12 Å². The van der Waals surface area contributed by atoms with Gasteiger partial charge in [0.05, 0.1) is 23.0 Å². The molecule has 1 aromatic heterocycles. The molecule has 0 saturated carbocycles. The number of hydrogen-bond donors (Lipinski definition) is 1. The van der Waals surface area contributed by atoms with Crippen molar-refractivity contribution in [2.24, 2.45) is 0 Å². The van der Waals surface area contributed by atoms with E-state index in [1.54, 1.807) is 7.11 Å². The second-order valence-electron chi connectivity index (χ2n) is 6.61. The molecule has 2 heterocycles. The van der Waals surface area contributed by atoms with Crippen molar-refractivity contribution in [3.8, 4) is 5.75 Å². The summed E-state index contributed by atoms with van der Waals surface area (Å²) >= 11 is 1.46. The van der Waals surface area contributed by atoms with Crippen molar-refractivity contribution in [1.29, 1.82) is 0 Å². The van der Waals surface area contributed by atoms with Gasteiger partial charge in [-0.15, -0.1) is 0 Å². The van der Waals surface area contributed by atoms with E-state index in [4.69, 9.17) is 19.8 Å². The first kappa shape index (κ1) is 15.6. The third-order valence-electron chi connectivity index (χ3n) is 4.66. The average molecular weight is 320 g/mol. The van der Waals surface area contributed by atoms with Crippen molar-refractivity contribution in [3.63, 3.8) is 0 Å². The zero-order valence-corrected chi connectivity index (χ0v) is 14.6. The lowest BCUT2D eigenvalue weighted by atomic mass is 9.76. The first-order chi connectivity index (χ1) is 10.2. The van der Waals surface area contributed by atoms with Gasteiger partial charge in [0.1, 0.15) is 11.3 Å². The van der Waals surface area contributed by atoms with Crippen molar-refractivity contribution in [1.82, 2.24) is 4.98 Å². The van der Waals surface area contributed by atoms with Crippen LogP contribution in [0.3, 0.4) is 0 Å². The maximum Gasteiger partial charge on any atom is 0.495 e. The summed E-state index contributed by atoms with van der Waals surface area (Å²) in [5, 5.41) is 0.530. The fourth-order valence-electron chi connectivity index (χ4n) is 2.58. The summed E-state index contributed by atoms with van der Waals surface area (Å²) < 4.78 is 18.8. The summed E-state index contributed by atoms with van der Waals surface area (Å²) in [5.74, 6) is 0.693. The molecule has 1 aliphatic rings. The number of nitrogen functional groups attached to an aromatic ring is 1. The molecule has 7 heteroatoms. The Morgan fingerprint density at radius 1 is 1.23 bits per heavy atom. The molecule has 1 saturated heterocycles. The number of hydrogen-bond acceptors (Lipinski definition) is 6. The van der Waals surface area contributed by atoms with Crippen molar-refractivity contribution in [3.05, 3.63) is 11.6 Å². The Hall–Kier alpha value is -1.31. The molecular formula is C15H21BN2O3S. The zero-order chi connectivity index (χ0) is 16.3. The quantitative estimate of drug-likeness (QED) is 0.861. The van der Waals surface area contributed by atoms with Crippen LogP contribution in [-0.2, 0) is 9.31 Å². The molecule has 0 aliphatic carbocycles. The van der Waals surface area contributed by atoms with Gasteiger partial charge in [-0.25, -0.2) is 4.98 Å². The van der Waals surface area contributed by atoms with Crippen molar-refractivity contribution in [2.45, 2.75) is 45.8 Å². The largest absolute Gasteiger partial charge is 0.495 e. The number of anilines is 1. The molecule has 118 valence electrons. The van der Waals surface area contributed by atoms with E-state index in [2.05, 4.69) is 4.98 Å². The predicted molar refractivity (Wildman–Crippen MR) is 91.0 cm³/mol. The maximum absolute atomic E-state index is 6.16. The summed E-state index contributed by atoms with van der Waals surface area (Å²) in [5.41, 5.74) is 7.94. The van der Waals surface area contributed by atoms with Crippen LogP contribution in [0, 0.1) is 6.92 Å². The van der Waals surface area contributed by atoms with Gasteiger partial charge in [-0.05, 0) is 51.7 Å². The highest BCUT2D eigenvalue weighted by Gasteiger charge is 2.52. The number of nitrogens with two attached hydrogens (primary N) is 1. The Bertz CT molecular complexity index is 726. The number of rotatable bonds is 2. The monoisotopic (exact) mass is 320 g/mol. The highest BCUT2D eigenvalue weighted by atomic mass is 32.1. The van der Waals surface area contributed by atoms with Crippen LogP contribution in [0.25, 0.3) is 10.2 Å². The summed E-state index contributed by atoms with van der Waals surface area (Å²) in [6.07, 6.45) is 0. The van der Waals surface area contributed by atoms with Crippen LogP contribution in [0.1, 0.15) is 33.3 Å². The second kappa shape index (κ2) is 4.84. The second-order valence-corrected chi connectivity index (χ2v) is 7.64. The van der Waals surface area contributed by atoms with Crippen LogP contribution < -0.4 is 15.9 Å². The molecule has 22 heavy (non-hydrogen) atoms. The zero-order valence-electron chi connectivity index (χ0n) is 13.8. The van der Waals surface area contributed by atoms with E-state index in [-0.39, 0.29) is 11.2 Å². The van der Waals surface area contributed by atoms with E-state index >= 15 is 0 Å². The Kier molecular flexibility index (Phi) is 3.43. The number of aryl methyl sites for hydroxylation is 1. The number of fused-ring (bicyclic) bond motifs is 1. The van der Waals surface area contributed by atoms with E-state index in [1.807, 2.05) is 40.7 Å². The molecule has 2 N–H and O–H groups in total. The minimum absolute atomic E-state index is 0.376. The standard InChI is InChI=1S/C15H21BN2O3S/c1-8-9(16-20-14(2,3)15(4,5)21-16)7-10(19-6)11-12(8)22-13(17)18-11/h7H,1-6H3,(H2,17,18). The summed E-state index contributed by atoms with van der Waals surface area (Å²) in [6.45, 7) is 10.2. The minimum atomic E-state index is -0.424. The van der Waals surface area contributed by atoms with Gasteiger partial charge in [-0.1, -0.05) is 11.3 Å². The molecule has 1 aliphatic heterocycles. The van der Waals surface area contributed by atoms with Gasteiger partial charge in [0.15, 0.2) is 5.13 Å². The number of benzene rings is 1. The first-order valence-electron chi connectivity index (χ1n) is 7.25. The molecule has 2 aromatic rings. The molecule has 0 radical (unpaired) electrons. The number of aromatic nitrogens is 1. The smallest absolute Gasteiger partial charge is 0.494 e. The van der Waals surface area contributed by atoms with Crippen LogP contribution in [0.2, 0.25) is 0 Å². The van der Waals surface area contributed by atoms with Gasteiger partial charge in [-0.2, -0.15) is 0 Å². The molecule has 1 aromatic carbocycles. The van der Waals surface area contributed by atoms with Crippen LogP contribution in [0.5, 0.6) is 5.75 Å². The van der Waals surface area contributed by atoms with Crippen LogP contribution >= 0.6 is 11.3 Å². The molecule has 0 unspecified atom stereocenters. The maximum atomic E-state index is 6.16. The van der Waals surface area contributed by atoms with E-state index in [0.717, 1.165) is 21.2 Å². The van der Waals surface area contributed by atoms with E-state index in [0.29, 0.717) is 10.9 Å². The fourth-order valence-corrected chi connectivity index (χ4v) is 3.44. The van der Waals surface area contributed by atoms with Gasteiger partial charge in [0.2, 0.25) is 0 Å². The summed E-state index contributed by atoms with van der Waals surface area (Å²) in [7, 11) is 1.21. The van der Waals surface area contributed by atoms with Crippen molar-refractivity contribution in [2.75, 3.05) is 12.8 Å². The summed E-state index contributed by atoms with van der Waals surface area (Å²) in [6, 6.07) is 1.94. The third-order valence-corrected chi connectivity index (χ3v) is 5.67. The van der Waals surface area contributed by atoms with Crippen LogP contribution in [-0.4, -0.2) is 30.4 Å². The number of thiazole rings is 1. The van der Waals surface area contributed by atoms with Crippen LogP contribution in [0.4, 0.5) is 5.13 Å². The highest BCUT2D eigenvalue weighted by Crippen LogP contribution is 2.39. The summed E-state index contributed by atoms with van der Waals surface area (Å²) in [4.78, 5) is 4.36. The molecule has 0 bridgehead atoms. The number of methoxy groups -OCH3 is 1. The SMILES string of the molecule is COc1cc(B2OC(C)(C)C(C)(C)O2)c(C)c2sc(N)nc12. The van der Waals surface area contributed by atoms with Gasteiger partial charge in [0.25, 0.3) is 0 Å². The fraction of sp³-hybridized carbons (Fsp3) is 0.533. The third kappa shape index (κ3) is 2.19. The topological polar surface area (TPSA) is 66.6 Å². The normalized spacial score (nSPS) is 19.8. The molecule has 1 fully saturated rings. The molecule has 0 atom stereocenters. The van der Waals surface area contributed by atoms with E-state index in [9.17, 15) is 0 Å². The minimum Gasteiger partial charge on any atom is -0.494 e. The lowest BCUT2D eigenvalue weighted by Gasteiger charge is -2.32. The van der Waals surface area contributed by atoms with Crippen molar-refractivity contribution < 1.29 is 14.0 Å². The molecule has 0 amide bonds. The molecule has 3 rings (SSSR count). The number of nitrogens with zero attached hydrogens (tertiary/aromatic N) is 1. The van der Waals surface area contributed by atoms with Gasteiger partial charge in [0, 0.05) is 0 Å².